The lowest BCUT2D eigenvalue weighted by Crippen LogP contribution is -2.15. The Morgan fingerprint density at radius 2 is 1.59 bits per heavy atom. The molecule has 0 atom stereocenters. The molecule has 0 saturated heterocycles. The highest BCUT2D eigenvalue weighted by molar-refractivity contribution is 7.97. The molecule has 7 nitrogen and oxygen atoms in total. The molecule has 5 rings (SSSR count). The first-order valence-electron chi connectivity index (χ1n) is 8.54. The normalized spacial score (nSPS) is 14.4. The summed E-state index contributed by atoms with van der Waals surface area (Å²) in [6.45, 7) is 1.44. The number of hydrogen-bond donors (Lipinski definition) is 0. The topological polar surface area (TPSA) is 75.8 Å². The number of rotatable bonds is 5. The predicted molar refractivity (Wildman–Crippen MR) is 98.3 cm³/mol. The van der Waals surface area contributed by atoms with Crippen molar-refractivity contribution < 1.29 is 23.5 Å². The fourth-order valence-electron chi connectivity index (χ4n) is 2.90. The van der Waals surface area contributed by atoms with Gasteiger partial charge < -0.3 is 23.5 Å². The van der Waals surface area contributed by atoms with Crippen molar-refractivity contribution >= 4 is 11.8 Å². The minimum atomic E-state index is 0.243. The van der Waals surface area contributed by atoms with Gasteiger partial charge in [0.05, 0.1) is 5.75 Å². The van der Waals surface area contributed by atoms with Gasteiger partial charge in [0, 0.05) is 11.3 Å². The average molecular weight is 384 g/mol. The van der Waals surface area contributed by atoms with E-state index in [0.717, 1.165) is 28.6 Å². The van der Waals surface area contributed by atoms with Crippen molar-refractivity contribution in [3.8, 4) is 34.4 Å². The van der Waals surface area contributed by atoms with E-state index in [9.17, 15) is 0 Å². The molecule has 0 radical (unpaired) electrons. The van der Waals surface area contributed by atoms with Gasteiger partial charge in [-0.25, -0.2) is 0 Å². The quantitative estimate of drug-likeness (QED) is 0.660. The zero-order valence-electron chi connectivity index (χ0n) is 14.3. The lowest BCUT2D eigenvalue weighted by atomic mass is 10.2. The minimum absolute atomic E-state index is 0.243. The number of fused-ring (bicyclic) bond motifs is 2. The Balaban J connectivity index is 1.21. The van der Waals surface area contributed by atoms with Gasteiger partial charge in [0.1, 0.15) is 13.2 Å². The first kappa shape index (κ1) is 16.3. The standard InChI is InChI=1S/C19H16N2O5S/c1-3-14-16(23-6-5-22-14)7-12(1)9-27-10-18-20-19(21-26-18)13-2-4-15-17(8-13)25-11-24-15/h1-4,7-8H,5-6,9-11H2. The molecule has 0 bridgehead atoms. The zero-order valence-corrected chi connectivity index (χ0v) is 15.2. The summed E-state index contributed by atoms with van der Waals surface area (Å²) in [5, 5.41) is 4.06. The minimum Gasteiger partial charge on any atom is -0.486 e. The van der Waals surface area contributed by atoms with Crippen LogP contribution in [0.1, 0.15) is 11.5 Å². The summed E-state index contributed by atoms with van der Waals surface area (Å²) >= 11 is 1.70. The molecule has 0 saturated carbocycles. The van der Waals surface area contributed by atoms with E-state index in [1.54, 1.807) is 11.8 Å². The van der Waals surface area contributed by atoms with Gasteiger partial charge in [0.2, 0.25) is 18.5 Å². The van der Waals surface area contributed by atoms with Crippen LogP contribution in [-0.4, -0.2) is 30.1 Å². The second-order valence-electron chi connectivity index (χ2n) is 6.05. The van der Waals surface area contributed by atoms with Gasteiger partial charge in [-0.05, 0) is 35.9 Å². The third kappa shape index (κ3) is 3.40. The van der Waals surface area contributed by atoms with Crippen LogP contribution in [-0.2, 0) is 11.5 Å². The first-order valence-corrected chi connectivity index (χ1v) is 9.69. The van der Waals surface area contributed by atoms with Gasteiger partial charge in [0.25, 0.3) is 0 Å². The molecule has 0 N–H and O–H groups in total. The highest BCUT2D eigenvalue weighted by atomic mass is 32.2. The molecular formula is C19H16N2O5S. The van der Waals surface area contributed by atoms with Crippen LogP contribution in [0, 0.1) is 0 Å². The van der Waals surface area contributed by atoms with Crippen LogP contribution in [0.5, 0.6) is 23.0 Å². The molecule has 0 aliphatic carbocycles. The molecule has 138 valence electrons. The third-order valence-corrected chi connectivity index (χ3v) is 5.19. The Kier molecular flexibility index (Phi) is 4.25. The second kappa shape index (κ2) is 7.03. The van der Waals surface area contributed by atoms with E-state index in [4.69, 9.17) is 23.5 Å². The van der Waals surface area contributed by atoms with Gasteiger partial charge in [-0.2, -0.15) is 4.98 Å². The van der Waals surface area contributed by atoms with E-state index < -0.39 is 0 Å². The van der Waals surface area contributed by atoms with Crippen LogP contribution in [0.4, 0.5) is 0 Å². The second-order valence-corrected chi connectivity index (χ2v) is 7.04. The molecule has 3 aromatic rings. The van der Waals surface area contributed by atoms with E-state index in [0.29, 0.717) is 36.4 Å². The van der Waals surface area contributed by atoms with E-state index in [1.807, 2.05) is 36.4 Å². The van der Waals surface area contributed by atoms with Gasteiger partial charge in [-0.15, -0.1) is 11.8 Å². The fourth-order valence-corrected chi connectivity index (χ4v) is 3.71. The fraction of sp³-hybridized carbons (Fsp3) is 0.263. The van der Waals surface area contributed by atoms with Crippen LogP contribution in [0.2, 0.25) is 0 Å². The molecular weight excluding hydrogens is 368 g/mol. The van der Waals surface area contributed by atoms with Crippen LogP contribution in [0.25, 0.3) is 11.4 Å². The van der Waals surface area contributed by atoms with Crippen LogP contribution in [0.15, 0.2) is 40.9 Å². The Hall–Kier alpha value is -2.87. The van der Waals surface area contributed by atoms with Crippen molar-refractivity contribution in [2.75, 3.05) is 20.0 Å². The van der Waals surface area contributed by atoms with Crippen molar-refractivity contribution in [3.05, 3.63) is 47.9 Å². The Morgan fingerprint density at radius 1 is 0.815 bits per heavy atom. The predicted octanol–water partition coefficient (Wildman–Crippen LogP) is 3.67. The van der Waals surface area contributed by atoms with Crippen molar-refractivity contribution in [1.29, 1.82) is 0 Å². The molecule has 2 aliphatic rings. The molecule has 1 aromatic heterocycles. The van der Waals surface area contributed by atoms with E-state index in [1.165, 1.54) is 5.56 Å². The first-order chi connectivity index (χ1) is 13.3. The molecule has 3 heterocycles. The number of benzene rings is 2. The van der Waals surface area contributed by atoms with Crippen molar-refractivity contribution in [2.24, 2.45) is 0 Å². The maximum Gasteiger partial charge on any atom is 0.236 e. The van der Waals surface area contributed by atoms with E-state index >= 15 is 0 Å². The van der Waals surface area contributed by atoms with Gasteiger partial charge in [-0.3, -0.25) is 0 Å². The Bertz CT molecular complexity index is 974. The van der Waals surface area contributed by atoms with Crippen molar-refractivity contribution in [3.63, 3.8) is 0 Å². The zero-order chi connectivity index (χ0) is 18.1. The third-order valence-electron chi connectivity index (χ3n) is 4.20. The number of hydrogen-bond acceptors (Lipinski definition) is 8. The van der Waals surface area contributed by atoms with Gasteiger partial charge in [0.15, 0.2) is 23.0 Å². The van der Waals surface area contributed by atoms with E-state index in [-0.39, 0.29) is 6.79 Å². The summed E-state index contributed by atoms with van der Waals surface area (Å²) in [4.78, 5) is 4.47. The molecule has 0 fully saturated rings. The molecule has 2 aliphatic heterocycles. The maximum atomic E-state index is 5.62. The summed E-state index contributed by atoms with van der Waals surface area (Å²) in [5.41, 5.74) is 2.01. The highest BCUT2D eigenvalue weighted by Gasteiger charge is 2.17. The summed E-state index contributed by atoms with van der Waals surface area (Å²) in [7, 11) is 0. The summed E-state index contributed by atoms with van der Waals surface area (Å²) in [5.74, 6) is 5.63. The van der Waals surface area contributed by atoms with Crippen LogP contribution < -0.4 is 18.9 Å². The van der Waals surface area contributed by atoms with Crippen molar-refractivity contribution in [2.45, 2.75) is 11.5 Å². The Labute approximate surface area is 159 Å². The molecule has 0 spiro atoms. The van der Waals surface area contributed by atoms with Gasteiger partial charge >= 0.3 is 0 Å². The number of ether oxygens (including phenoxy) is 4. The number of nitrogens with zero attached hydrogens (tertiary/aromatic N) is 2. The van der Waals surface area contributed by atoms with Gasteiger partial charge in [-0.1, -0.05) is 11.2 Å². The SMILES string of the molecule is c1cc2c(cc1CSCc1nc(-c3ccc4c(c3)OCO4)no1)OCCO2. The average Bonchev–Trinajstić information content (AvgIpc) is 3.36. The molecule has 8 heteroatoms. The molecule has 27 heavy (non-hydrogen) atoms. The number of aromatic nitrogens is 2. The van der Waals surface area contributed by atoms with E-state index in [2.05, 4.69) is 10.1 Å². The van der Waals surface area contributed by atoms with Crippen LogP contribution >= 0.6 is 11.8 Å². The lowest BCUT2D eigenvalue weighted by molar-refractivity contribution is 0.171. The molecule has 0 unspecified atom stereocenters. The summed E-state index contributed by atoms with van der Waals surface area (Å²) < 4.78 is 27.2. The molecule has 2 aromatic carbocycles. The number of thioether (sulfide) groups is 1. The largest absolute Gasteiger partial charge is 0.486 e. The maximum absolute atomic E-state index is 5.62. The monoisotopic (exact) mass is 384 g/mol. The smallest absolute Gasteiger partial charge is 0.236 e. The highest BCUT2D eigenvalue weighted by Crippen LogP contribution is 2.35. The lowest BCUT2D eigenvalue weighted by Gasteiger charge is -2.18. The Morgan fingerprint density at radius 3 is 2.56 bits per heavy atom. The summed E-state index contributed by atoms with van der Waals surface area (Å²) in [6.07, 6.45) is 0. The van der Waals surface area contributed by atoms with Crippen molar-refractivity contribution in [1.82, 2.24) is 10.1 Å². The summed E-state index contributed by atoms with van der Waals surface area (Å²) in [6, 6.07) is 11.6. The van der Waals surface area contributed by atoms with Crippen LogP contribution in [0.3, 0.4) is 0 Å². The molecule has 0 amide bonds.